The zero-order chi connectivity index (χ0) is 37.0. The molecular weight excluding hydrogens is 679 g/mol. The average Bonchev–Trinajstić information content (AvgIpc) is 3.67. The van der Waals surface area contributed by atoms with Gasteiger partial charge in [-0.3, -0.25) is 0 Å². The summed E-state index contributed by atoms with van der Waals surface area (Å²) >= 11 is 0. The van der Waals surface area contributed by atoms with Gasteiger partial charge in [0.05, 0.1) is 16.8 Å². The molecule has 0 spiro atoms. The van der Waals surface area contributed by atoms with Crippen molar-refractivity contribution in [2.75, 3.05) is 4.90 Å². The molecule has 0 atom stereocenters. The molecule has 0 saturated heterocycles. The molecule has 1 heterocycles. The smallest absolute Gasteiger partial charge is 0.145 e. The summed E-state index contributed by atoms with van der Waals surface area (Å²) < 4.78 is 6.87. The van der Waals surface area contributed by atoms with Gasteiger partial charge in [-0.15, -0.1) is 0 Å². The van der Waals surface area contributed by atoms with Crippen molar-refractivity contribution in [2.45, 2.75) is 0 Å². The zero-order valence-corrected chi connectivity index (χ0v) is 30.6. The van der Waals surface area contributed by atoms with Crippen molar-refractivity contribution < 1.29 is 4.42 Å². The molecule has 2 heteroatoms. The van der Waals surface area contributed by atoms with E-state index in [4.69, 9.17) is 4.42 Å². The van der Waals surface area contributed by atoms with Crippen LogP contribution in [0.1, 0.15) is 0 Å². The van der Waals surface area contributed by atoms with Gasteiger partial charge < -0.3 is 9.32 Å². The predicted octanol–water partition coefficient (Wildman–Crippen LogP) is 15.5. The third-order valence-electron chi connectivity index (χ3n) is 11.3. The summed E-state index contributed by atoms with van der Waals surface area (Å²) in [6.07, 6.45) is 0. The minimum atomic E-state index is 0.867. The second-order valence-corrected chi connectivity index (χ2v) is 14.4. The first kappa shape index (κ1) is 32.0. The van der Waals surface area contributed by atoms with Gasteiger partial charge in [-0.25, -0.2) is 0 Å². The Labute approximate surface area is 325 Å². The summed E-state index contributed by atoms with van der Waals surface area (Å²) in [5.74, 6) is 0. The largest absolute Gasteiger partial charge is 0.455 e. The Bertz CT molecular complexity index is 3230. The molecule has 0 aliphatic rings. The molecule has 262 valence electrons. The molecule has 0 aliphatic heterocycles. The van der Waals surface area contributed by atoms with Crippen molar-refractivity contribution in [3.05, 3.63) is 212 Å². The number of nitrogens with zero attached hydrogens (tertiary/aromatic N) is 1. The van der Waals surface area contributed by atoms with Crippen LogP contribution in [0.15, 0.2) is 217 Å². The van der Waals surface area contributed by atoms with Gasteiger partial charge in [0.2, 0.25) is 0 Å². The van der Waals surface area contributed by atoms with E-state index in [1.807, 2.05) is 0 Å². The Morgan fingerprint density at radius 1 is 0.321 bits per heavy atom. The monoisotopic (exact) mass is 713 g/mol. The highest BCUT2D eigenvalue weighted by Crippen LogP contribution is 2.48. The van der Waals surface area contributed by atoms with Gasteiger partial charge >= 0.3 is 0 Å². The molecule has 0 unspecified atom stereocenters. The highest BCUT2D eigenvalue weighted by atomic mass is 16.3. The zero-order valence-electron chi connectivity index (χ0n) is 30.6. The molecule has 2 nitrogen and oxygen atoms in total. The summed E-state index contributed by atoms with van der Waals surface area (Å²) in [7, 11) is 0. The third kappa shape index (κ3) is 5.26. The second kappa shape index (κ2) is 13.2. The lowest BCUT2D eigenvalue weighted by Gasteiger charge is -2.28. The quantitative estimate of drug-likeness (QED) is 0.160. The Morgan fingerprint density at radius 3 is 1.77 bits per heavy atom. The van der Waals surface area contributed by atoms with Crippen molar-refractivity contribution in [1.82, 2.24) is 0 Å². The summed E-state index contributed by atoms with van der Waals surface area (Å²) in [5.41, 5.74) is 12.0. The Hall–Kier alpha value is -7.42. The van der Waals surface area contributed by atoms with Gasteiger partial charge in [-0.05, 0) is 91.1 Å². The van der Waals surface area contributed by atoms with Gasteiger partial charge in [0.15, 0.2) is 0 Å². The van der Waals surface area contributed by atoms with Crippen LogP contribution in [0.25, 0.3) is 87.6 Å². The first-order valence-electron chi connectivity index (χ1n) is 19.2. The Morgan fingerprint density at radius 2 is 0.929 bits per heavy atom. The van der Waals surface area contributed by atoms with E-state index < -0.39 is 0 Å². The topological polar surface area (TPSA) is 16.4 Å². The van der Waals surface area contributed by atoms with Crippen LogP contribution in [-0.2, 0) is 0 Å². The van der Waals surface area contributed by atoms with Gasteiger partial charge in [-0.1, -0.05) is 176 Å². The van der Waals surface area contributed by atoms with Gasteiger partial charge in [0.25, 0.3) is 0 Å². The normalized spacial score (nSPS) is 11.6. The first-order valence-corrected chi connectivity index (χ1v) is 19.2. The van der Waals surface area contributed by atoms with E-state index in [1.165, 1.54) is 54.6 Å². The molecule has 0 radical (unpaired) electrons. The van der Waals surface area contributed by atoms with Crippen LogP contribution in [-0.4, -0.2) is 0 Å². The van der Waals surface area contributed by atoms with Crippen LogP contribution < -0.4 is 4.90 Å². The predicted molar refractivity (Wildman–Crippen MR) is 237 cm³/mol. The highest BCUT2D eigenvalue weighted by molar-refractivity contribution is 6.19. The molecule has 10 aromatic carbocycles. The standard InChI is InChI=1S/C54H35NO/c1-3-13-36(14-4-1)37-25-27-40(28-26-37)46-33-34-51(53-49-19-9-10-24-52(49)56-54(46)53)55(42-31-32-45-41(35-42)30-29-39-17-7-8-18-43(39)45)50-23-12-21-47-44(20-11-22-48(47)50)38-15-5-2-6-16-38/h1-35H. The molecule has 56 heavy (non-hydrogen) atoms. The summed E-state index contributed by atoms with van der Waals surface area (Å²) in [5, 5.41) is 9.48. The third-order valence-corrected chi connectivity index (χ3v) is 11.3. The summed E-state index contributed by atoms with van der Waals surface area (Å²) in [6, 6.07) is 76.4. The number of benzene rings is 10. The number of furan rings is 1. The van der Waals surface area contributed by atoms with Crippen molar-refractivity contribution >= 4 is 71.3 Å². The average molecular weight is 714 g/mol. The van der Waals surface area contributed by atoms with Crippen LogP contribution >= 0.6 is 0 Å². The van der Waals surface area contributed by atoms with Crippen LogP contribution in [0.5, 0.6) is 0 Å². The van der Waals surface area contributed by atoms with Crippen LogP contribution in [0.2, 0.25) is 0 Å². The molecule has 11 aromatic rings. The van der Waals surface area contributed by atoms with Gasteiger partial charge in [0, 0.05) is 22.0 Å². The van der Waals surface area contributed by atoms with Crippen LogP contribution in [0.4, 0.5) is 17.1 Å². The maximum atomic E-state index is 6.87. The SMILES string of the molecule is c1ccc(-c2ccc(-c3ccc(N(c4ccc5c(ccc6ccccc65)c4)c4cccc5c(-c6ccccc6)cccc45)c4c3oc3ccccc34)cc2)cc1. The lowest BCUT2D eigenvalue weighted by molar-refractivity contribution is 0.670. The fourth-order valence-electron chi connectivity index (χ4n) is 8.60. The van der Waals surface area contributed by atoms with Gasteiger partial charge in [0.1, 0.15) is 11.2 Å². The molecule has 0 saturated carbocycles. The van der Waals surface area contributed by atoms with E-state index in [1.54, 1.807) is 0 Å². The molecule has 0 amide bonds. The minimum absolute atomic E-state index is 0.867. The van der Waals surface area contributed by atoms with Crippen molar-refractivity contribution in [1.29, 1.82) is 0 Å². The molecule has 0 N–H and O–H groups in total. The summed E-state index contributed by atoms with van der Waals surface area (Å²) in [4.78, 5) is 2.44. The van der Waals surface area contributed by atoms with E-state index in [0.717, 1.165) is 50.1 Å². The minimum Gasteiger partial charge on any atom is -0.455 e. The fraction of sp³-hybridized carbons (Fsp3) is 0. The number of rotatable bonds is 6. The Kier molecular flexibility index (Phi) is 7.53. The lowest BCUT2D eigenvalue weighted by atomic mass is 9.95. The molecule has 1 aromatic heterocycles. The molecule has 0 fully saturated rings. The maximum absolute atomic E-state index is 6.87. The van der Waals surface area contributed by atoms with Crippen molar-refractivity contribution in [3.8, 4) is 33.4 Å². The molecule has 0 bridgehead atoms. The fourth-order valence-corrected chi connectivity index (χ4v) is 8.60. The molecule has 11 rings (SSSR count). The first-order chi connectivity index (χ1) is 27.8. The van der Waals surface area contributed by atoms with Crippen molar-refractivity contribution in [3.63, 3.8) is 0 Å². The lowest BCUT2D eigenvalue weighted by Crippen LogP contribution is -2.11. The number of hydrogen-bond donors (Lipinski definition) is 0. The number of anilines is 3. The van der Waals surface area contributed by atoms with Gasteiger partial charge in [-0.2, -0.15) is 0 Å². The number of fused-ring (bicyclic) bond motifs is 7. The van der Waals surface area contributed by atoms with E-state index >= 15 is 0 Å². The van der Waals surface area contributed by atoms with Crippen molar-refractivity contribution in [2.24, 2.45) is 0 Å². The second-order valence-electron chi connectivity index (χ2n) is 14.4. The molecular formula is C54H35NO. The summed E-state index contributed by atoms with van der Waals surface area (Å²) in [6.45, 7) is 0. The van der Waals surface area contributed by atoms with E-state index in [9.17, 15) is 0 Å². The van der Waals surface area contributed by atoms with Crippen LogP contribution in [0.3, 0.4) is 0 Å². The van der Waals surface area contributed by atoms with E-state index in [0.29, 0.717) is 0 Å². The molecule has 0 aliphatic carbocycles. The highest BCUT2D eigenvalue weighted by Gasteiger charge is 2.24. The number of para-hydroxylation sites is 1. The van der Waals surface area contributed by atoms with E-state index in [-0.39, 0.29) is 0 Å². The van der Waals surface area contributed by atoms with Crippen LogP contribution in [0, 0.1) is 0 Å². The Balaban J connectivity index is 1.18. The maximum Gasteiger partial charge on any atom is 0.145 e. The number of hydrogen-bond acceptors (Lipinski definition) is 2. The van der Waals surface area contributed by atoms with E-state index in [2.05, 4.69) is 217 Å².